The molecule has 0 aromatic heterocycles. The molecule has 33 heavy (non-hydrogen) atoms. The fraction of sp³-hybridized carbons (Fsp3) is 0.103. The molecule has 0 aliphatic heterocycles. The first kappa shape index (κ1) is 22.0. The molecule has 0 fully saturated rings. The fourth-order valence-electron chi connectivity index (χ4n) is 3.57. The van der Waals surface area contributed by atoms with Crippen LogP contribution in [-0.2, 0) is 0 Å². The lowest BCUT2D eigenvalue weighted by molar-refractivity contribution is 0.378. The van der Waals surface area contributed by atoms with Crippen LogP contribution in [0.15, 0.2) is 103 Å². The van der Waals surface area contributed by atoms with Crippen molar-refractivity contribution < 1.29 is 18.9 Å². The third-order valence-electron chi connectivity index (χ3n) is 5.18. The minimum Gasteiger partial charge on any atom is -0.493 e. The highest BCUT2D eigenvalue weighted by Crippen LogP contribution is 2.38. The highest BCUT2D eigenvalue weighted by molar-refractivity contribution is 5.81. The third kappa shape index (κ3) is 5.18. The van der Waals surface area contributed by atoms with Gasteiger partial charge < -0.3 is 18.9 Å². The van der Waals surface area contributed by atoms with E-state index in [4.69, 9.17) is 18.9 Å². The van der Waals surface area contributed by atoms with Gasteiger partial charge in [-0.05, 0) is 72.2 Å². The molecule has 0 unspecified atom stereocenters. The number of benzene rings is 4. The zero-order chi connectivity index (χ0) is 23.0. The lowest BCUT2D eigenvalue weighted by Gasteiger charge is -2.16. The van der Waals surface area contributed by atoms with Crippen LogP contribution in [-0.4, -0.2) is 14.2 Å². The van der Waals surface area contributed by atoms with Gasteiger partial charge >= 0.3 is 0 Å². The molecule has 166 valence electrons. The van der Waals surface area contributed by atoms with Gasteiger partial charge in [0.2, 0.25) is 0 Å². The van der Waals surface area contributed by atoms with Crippen molar-refractivity contribution in [2.24, 2.45) is 0 Å². The maximum atomic E-state index is 6.00. The van der Waals surface area contributed by atoms with Gasteiger partial charge in [0.25, 0.3) is 0 Å². The molecule has 0 bridgehead atoms. The third-order valence-corrected chi connectivity index (χ3v) is 5.18. The molecule has 4 rings (SSSR count). The number of rotatable bonds is 8. The average Bonchev–Trinajstić information content (AvgIpc) is 2.87. The molecule has 0 spiro atoms. The molecule has 0 amide bonds. The van der Waals surface area contributed by atoms with E-state index in [1.807, 2.05) is 104 Å². The van der Waals surface area contributed by atoms with Crippen LogP contribution in [0.5, 0.6) is 34.5 Å². The predicted molar refractivity (Wildman–Crippen MR) is 132 cm³/mol. The van der Waals surface area contributed by atoms with Crippen LogP contribution in [0.2, 0.25) is 0 Å². The van der Waals surface area contributed by atoms with Crippen molar-refractivity contribution in [3.8, 4) is 34.5 Å². The van der Waals surface area contributed by atoms with Crippen LogP contribution in [0, 0.1) is 0 Å². The minimum atomic E-state index is 0.659. The van der Waals surface area contributed by atoms with E-state index in [0.717, 1.165) is 28.2 Å². The number of hydrogen-bond acceptors (Lipinski definition) is 4. The maximum absolute atomic E-state index is 6.00. The molecule has 0 radical (unpaired) electrons. The first-order chi connectivity index (χ1) is 16.2. The van der Waals surface area contributed by atoms with Gasteiger partial charge in [-0.2, -0.15) is 0 Å². The number of methoxy groups -OCH3 is 2. The zero-order valence-electron chi connectivity index (χ0n) is 18.9. The summed E-state index contributed by atoms with van der Waals surface area (Å²) in [5.41, 5.74) is 3.06. The van der Waals surface area contributed by atoms with E-state index >= 15 is 0 Å². The maximum Gasteiger partial charge on any atom is 0.169 e. The van der Waals surface area contributed by atoms with E-state index in [9.17, 15) is 0 Å². The Morgan fingerprint density at radius 2 is 0.970 bits per heavy atom. The summed E-state index contributed by atoms with van der Waals surface area (Å²) in [4.78, 5) is 0. The molecule has 0 atom stereocenters. The minimum absolute atomic E-state index is 0.659. The Labute approximate surface area is 194 Å². The van der Waals surface area contributed by atoms with E-state index in [1.165, 1.54) is 0 Å². The highest BCUT2D eigenvalue weighted by atomic mass is 16.5. The smallest absolute Gasteiger partial charge is 0.169 e. The van der Waals surface area contributed by atoms with Gasteiger partial charge in [0.1, 0.15) is 11.5 Å². The summed E-state index contributed by atoms with van der Waals surface area (Å²) in [5, 5.41) is 0. The van der Waals surface area contributed by atoms with Gasteiger partial charge in [-0.1, -0.05) is 54.6 Å². The molecular weight excluding hydrogens is 412 g/mol. The first-order valence-electron chi connectivity index (χ1n) is 10.7. The van der Waals surface area contributed by atoms with Crippen LogP contribution < -0.4 is 18.9 Å². The van der Waals surface area contributed by atoms with Gasteiger partial charge in [-0.15, -0.1) is 0 Å². The standard InChI is InChI=1S/C29H26O4/c1-4-25(21-15-17-26(28(19-21)30-2)32-23-11-7-5-8-12-23)22-16-18-27(29(20-22)31-3)33-24-13-9-6-10-14-24/h4-20H,1-3H3. The second-order valence-electron chi connectivity index (χ2n) is 7.26. The summed E-state index contributed by atoms with van der Waals surface area (Å²) in [6, 6.07) is 31.2. The van der Waals surface area contributed by atoms with Crippen molar-refractivity contribution in [3.63, 3.8) is 0 Å². The summed E-state index contributed by atoms with van der Waals surface area (Å²) in [6.07, 6.45) is 2.07. The Morgan fingerprint density at radius 3 is 1.33 bits per heavy atom. The van der Waals surface area contributed by atoms with Crippen molar-refractivity contribution >= 4 is 5.57 Å². The van der Waals surface area contributed by atoms with E-state index in [-0.39, 0.29) is 0 Å². The van der Waals surface area contributed by atoms with Gasteiger partial charge in [0.05, 0.1) is 14.2 Å². The van der Waals surface area contributed by atoms with Crippen LogP contribution in [0.25, 0.3) is 5.57 Å². The molecule has 4 heteroatoms. The first-order valence-corrected chi connectivity index (χ1v) is 10.7. The van der Waals surface area contributed by atoms with Gasteiger partial charge in [-0.25, -0.2) is 0 Å². The van der Waals surface area contributed by atoms with E-state index in [1.54, 1.807) is 14.2 Å². The Balaban J connectivity index is 1.63. The molecule has 4 aromatic carbocycles. The van der Waals surface area contributed by atoms with Crippen molar-refractivity contribution in [2.75, 3.05) is 14.2 Å². The van der Waals surface area contributed by atoms with Gasteiger partial charge in [-0.3, -0.25) is 0 Å². The molecule has 4 aromatic rings. The summed E-state index contributed by atoms with van der Waals surface area (Å²) in [5.74, 6) is 4.15. The molecular formula is C29H26O4. The fourth-order valence-corrected chi connectivity index (χ4v) is 3.57. The van der Waals surface area contributed by atoms with E-state index in [0.29, 0.717) is 23.0 Å². The van der Waals surface area contributed by atoms with Gasteiger partial charge in [0, 0.05) is 0 Å². The number of ether oxygens (including phenoxy) is 4. The van der Waals surface area contributed by atoms with E-state index < -0.39 is 0 Å². The number of para-hydroxylation sites is 2. The number of hydrogen-bond donors (Lipinski definition) is 0. The van der Waals surface area contributed by atoms with Crippen LogP contribution in [0.3, 0.4) is 0 Å². The lowest BCUT2D eigenvalue weighted by Crippen LogP contribution is -1.95. The Morgan fingerprint density at radius 1 is 0.545 bits per heavy atom. The van der Waals surface area contributed by atoms with E-state index in [2.05, 4.69) is 6.08 Å². The molecule has 0 heterocycles. The summed E-state index contributed by atoms with van der Waals surface area (Å²) in [6.45, 7) is 2.01. The molecule has 0 N–H and O–H groups in total. The van der Waals surface area contributed by atoms with Crippen molar-refractivity contribution in [3.05, 3.63) is 114 Å². The monoisotopic (exact) mass is 438 g/mol. The second kappa shape index (κ2) is 10.4. The van der Waals surface area contributed by atoms with Crippen LogP contribution in [0.1, 0.15) is 18.1 Å². The molecule has 0 aliphatic carbocycles. The van der Waals surface area contributed by atoms with Crippen molar-refractivity contribution in [2.45, 2.75) is 6.92 Å². The Hall–Kier alpha value is -4.18. The molecule has 0 saturated carbocycles. The molecule has 4 nitrogen and oxygen atoms in total. The Bertz CT molecular complexity index is 1140. The SMILES string of the molecule is CC=C(c1ccc(Oc2ccccc2)c(OC)c1)c1ccc(Oc2ccccc2)c(OC)c1. The molecule has 0 aliphatic rings. The highest BCUT2D eigenvalue weighted by Gasteiger charge is 2.14. The van der Waals surface area contributed by atoms with Gasteiger partial charge in [0.15, 0.2) is 23.0 Å². The quantitative estimate of drug-likeness (QED) is 0.282. The number of allylic oxidation sites excluding steroid dienone is 1. The normalized spacial score (nSPS) is 10.3. The summed E-state index contributed by atoms with van der Waals surface area (Å²) in [7, 11) is 3.29. The topological polar surface area (TPSA) is 36.9 Å². The van der Waals surface area contributed by atoms with Crippen molar-refractivity contribution in [1.29, 1.82) is 0 Å². The second-order valence-corrected chi connectivity index (χ2v) is 7.26. The average molecular weight is 439 g/mol. The largest absolute Gasteiger partial charge is 0.493 e. The zero-order valence-corrected chi connectivity index (χ0v) is 18.9. The van der Waals surface area contributed by atoms with Crippen molar-refractivity contribution in [1.82, 2.24) is 0 Å². The summed E-state index contributed by atoms with van der Waals surface area (Å²) >= 11 is 0. The summed E-state index contributed by atoms with van der Waals surface area (Å²) < 4.78 is 23.2. The Kier molecular flexibility index (Phi) is 6.96. The van der Waals surface area contributed by atoms with Crippen LogP contribution in [0.4, 0.5) is 0 Å². The van der Waals surface area contributed by atoms with Crippen LogP contribution >= 0.6 is 0 Å². The molecule has 0 saturated heterocycles. The lowest BCUT2D eigenvalue weighted by atomic mass is 9.97. The predicted octanol–water partition coefficient (Wildman–Crippen LogP) is 7.74.